The van der Waals surface area contributed by atoms with Crippen molar-refractivity contribution in [1.82, 2.24) is 0 Å². The summed E-state index contributed by atoms with van der Waals surface area (Å²) in [6, 6.07) is 9.67. The molecule has 2 aromatic rings. The fourth-order valence-corrected chi connectivity index (χ4v) is 2.58. The molecule has 0 aliphatic rings. The van der Waals surface area contributed by atoms with Gasteiger partial charge in [0.15, 0.2) is 0 Å². The Morgan fingerprint density at radius 1 is 1.14 bits per heavy atom. The number of amides is 1. The van der Waals surface area contributed by atoms with Gasteiger partial charge in [0, 0.05) is 13.7 Å². The molecule has 0 bridgehead atoms. The average Bonchev–Trinajstić information content (AvgIpc) is 2.41. The average molecular weight is 470 g/mol. The lowest BCUT2D eigenvalue weighted by Crippen LogP contribution is -2.14. The van der Waals surface area contributed by atoms with Crippen molar-refractivity contribution in [3.63, 3.8) is 0 Å². The number of hydrogen-bond donors (Lipinski definition) is 1. The van der Waals surface area contributed by atoms with Gasteiger partial charge in [-0.05, 0) is 59.0 Å². The van der Waals surface area contributed by atoms with Crippen LogP contribution in [0.3, 0.4) is 0 Å². The molecule has 2 aromatic carbocycles. The van der Waals surface area contributed by atoms with E-state index in [4.69, 9.17) is 0 Å². The van der Waals surface area contributed by atoms with Gasteiger partial charge in [-0.1, -0.05) is 22.0 Å². The second-order valence-corrected chi connectivity index (χ2v) is 6.23. The van der Waals surface area contributed by atoms with Gasteiger partial charge in [-0.15, -0.1) is 0 Å². The molecule has 0 unspecified atom stereocenters. The highest BCUT2D eigenvalue weighted by Gasteiger charge is 2.30. The Labute approximate surface area is 141 Å². The van der Waals surface area contributed by atoms with Crippen LogP contribution in [-0.4, -0.2) is 5.91 Å². The van der Waals surface area contributed by atoms with Crippen LogP contribution in [-0.2, 0) is 6.18 Å². The number of halogens is 5. The monoisotopic (exact) mass is 469 g/mol. The van der Waals surface area contributed by atoms with Crippen molar-refractivity contribution in [2.45, 2.75) is 6.18 Å². The minimum Gasteiger partial charge on any atom is -0.322 e. The summed E-state index contributed by atoms with van der Waals surface area (Å²) in [5.74, 6) is -0.458. The van der Waals surface area contributed by atoms with Crippen molar-refractivity contribution in [2.75, 3.05) is 5.32 Å². The first kappa shape index (κ1) is 16.3. The van der Waals surface area contributed by atoms with E-state index >= 15 is 0 Å². The summed E-state index contributed by atoms with van der Waals surface area (Å²) in [7, 11) is 0. The van der Waals surface area contributed by atoms with Crippen LogP contribution in [0, 0.1) is 3.57 Å². The van der Waals surface area contributed by atoms with Gasteiger partial charge in [0.25, 0.3) is 5.91 Å². The van der Waals surface area contributed by atoms with Crippen LogP contribution in [0.1, 0.15) is 15.9 Å². The molecule has 0 spiro atoms. The third-order valence-corrected chi connectivity index (χ3v) is 4.05. The SMILES string of the molecule is O=C(Nc1cccc(C(F)(F)F)c1)c1cc(Br)ccc1I. The Hall–Kier alpha value is -1.09. The van der Waals surface area contributed by atoms with E-state index < -0.39 is 17.6 Å². The van der Waals surface area contributed by atoms with E-state index in [2.05, 4.69) is 21.2 Å². The lowest BCUT2D eigenvalue weighted by atomic mass is 10.1. The van der Waals surface area contributed by atoms with E-state index in [1.165, 1.54) is 12.1 Å². The zero-order valence-corrected chi connectivity index (χ0v) is 14.1. The maximum absolute atomic E-state index is 12.6. The van der Waals surface area contributed by atoms with Gasteiger partial charge in [0.1, 0.15) is 0 Å². The minimum absolute atomic E-state index is 0.102. The van der Waals surface area contributed by atoms with E-state index in [1.807, 2.05) is 22.6 Å². The summed E-state index contributed by atoms with van der Waals surface area (Å²) in [5.41, 5.74) is -0.308. The van der Waals surface area contributed by atoms with Crippen molar-refractivity contribution in [1.29, 1.82) is 0 Å². The lowest BCUT2D eigenvalue weighted by molar-refractivity contribution is -0.137. The molecule has 0 aliphatic carbocycles. The fourth-order valence-electron chi connectivity index (χ4n) is 1.64. The number of alkyl halides is 3. The summed E-state index contributed by atoms with van der Waals surface area (Å²) in [6.45, 7) is 0. The molecule has 0 saturated carbocycles. The van der Waals surface area contributed by atoms with E-state index in [1.54, 1.807) is 18.2 Å². The molecule has 21 heavy (non-hydrogen) atoms. The molecule has 1 amide bonds. The third-order valence-electron chi connectivity index (χ3n) is 2.62. The van der Waals surface area contributed by atoms with Crippen molar-refractivity contribution in [2.24, 2.45) is 0 Å². The third kappa shape index (κ3) is 4.19. The molecule has 0 fully saturated rings. The molecule has 0 atom stereocenters. The molecule has 0 heterocycles. The number of rotatable bonds is 2. The summed E-state index contributed by atoms with van der Waals surface area (Å²) in [5, 5.41) is 2.47. The normalized spacial score (nSPS) is 11.3. The Bertz CT molecular complexity index is 688. The maximum atomic E-state index is 12.6. The number of anilines is 1. The number of carbonyl (C=O) groups excluding carboxylic acids is 1. The number of carbonyl (C=O) groups is 1. The van der Waals surface area contributed by atoms with Gasteiger partial charge in [0.2, 0.25) is 0 Å². The highest BCUT2D eigenvalue weighted by Crippen LogP contribution is 2.31. The zero-order chi connectivity index (χ0) is 15.6. The highest BCUT2D eigenvalue weighted by molar-refractivity contribution is 14.1. The molecule has 0 aliphatic heterocycles. The van der Waals surface area contributed by atoms with Crippen LogP contribution < -0.4 is 5.32 Å². The van der Waals surface area contributed by atoms with E-state index in [9.17, 15) is 18.0 Å². The molecule has 0 aromatic heterocycles. The summed E-state index contributed by atoms with van der Waals surface area (Å²) < 4.78 is 39.3. The van der Waals surface area contributed by atoms with Crippen LogP contribution in [0.15, 0.2) is 46.9 Å². The van der Waals surface area contributed by atoms with E-state index in [0.717, 1.165) is 16.6 Å². The molecule has 0 saturated heterocycles. The first-order valence-corrected chi connectivity index (χ1v) is 7.58. The van der Waals surface area contributed by atoms with Gasteiger partial charge >= 0.3 is 6.18 Å². The molecule has 7 heteroatoms. The van der Waals surface area contributed by atoms with Crippen molar-refractivity contribution >= 4 is 50.1 Å². The van der Waals surface area contributed by atoms with E-state index in [0.29, 0.717) is 9.13 Å². The fraction of sp³-hybridized carbons (Fsp3) is 0.0714. The minimum atomic E-state index is -4.44. The smallest absolute Gasteiger partial charge is 0.322 e. The van der Waals surface area contributed by atoms with Crippen LogP contribution in [0.2, 0.25) is 0 Å². The van der Waals surface area contributed by atoms with Crippen molar-refractivity contribution < 1.29 is 18.0 Å². The van der Waals surface area contributed by atoms with Crippen LogP contribution in [0.25, 0.3) is 0 Å². The molecular formula is C14H8BrF3INO. The lowest BCUT2D eigenvalue weighted by Gasteiger charge is -2.10. The van der Waals surface area contributed by atoms with Crippen LogP contribution in [0.4, 0.5) is 18.9 Å². The highest BCUT2D eigenvalue weighted by atomic mass is 127. The summed E-state index contributed by atoms with van der Waals surface area (Å²) in [4.78, 5) is 12.1. The molecule has 1 N–H and O–H groups in total. The van der Waals surface area contributed by atoms with Gasteiger partial charge < -0.3 is 5.32 Å². The van der Waals surface area contributed by atoms with Crippen molar-refractivity contribution in [3.05, 3.63) is 61.6 Å². The predicted molar refractivity (Wildman–Crippen MR) is 86.3 cm³/mol. The van der Waals surface area contributed by atoms with Gasteiger partial charge in [0.05, 0.1) is 11.1 Å². The topological polar surface area (TPSA) is 29.1 Å². The maximum Gasteiger partial charge on any atom is 0.416 e. The number of hydrogen-bond acceptors (Lipinski definition) is 1. The summed E-state index contributed by atoms with van der Waals surface area (Å²) in [6.07, 6.45) is -4.44. The van der Waals surface area contributed by atoms with Gasteiger partial charge in [-0.2, -0.15) is 13.2 Å². The van der Waals surface area contributed by atoms with Crippen molar-refractivity contribution in [3.8, 4) is 0 Å². The zero-order valence-electron chi connectivity index (χ0n) is 10.3. The molecule has 0 radical (unpaired) electrons. The molecule has 110 valence electrons. The first-order valence-electron chi connectivity index (χ1n) is 5.71. The Kier molecular flexibility index (Phi) is 4.92. The Morgan fingerprint density at radius 3 is 2.52 bits per heavy atom. The standard InChI is InChI=1S/C14H8BrF3INO/c15-9-4-5-12(19)11(7-9)13(21)20-10-3-1-2-8(6-10)14(16,17)18/h1-7H,(H,20,21). The second kappa shape index (κ2) is 6.35. The quantitative estimate of drug-likeness (QED) is 0.592. The molecule has 2 nitrogen and oxygen atoms in total. The van der Waals surface area contributed by atoms with Crippen LogP contribution >= 0.6 is 38.5 Å². The molecule has 2 rings (SSSR count). The van der Waals surface area contributed by atoms with Crippen LogP contribution in [0.5, 0.6) is 0 Å². The first-order chi connectivity index (χ1) is 9.77. The summed E-state index contributed by atoms with van der Waals surface area (Å²) >= 11 is 5.25. The number of nitrogens with one attached hydrogen (secondary N) is 1. The second-order valence-electron chi connectivity index (χ2n) is 4.16. The largest absolute Gasteiger partial charge is 0.416 e. The van der Waals surface area contributed by atoms with Gasteiger partial charge in [-0.3, -0.25) is 4.79 Å². The number of benzene rings is 2. The van der Waals surface area contributed by atoms with Gasteiger partial charge in [-0.25, -0.2) is 0 Å². The Balaban J connectivity index is 2.26. The Morgan fingerprint density at radius 2 is 1.86 bits per heavy atom. The molecular weight excluding hydrogens is 462 g/mol. The van der Waals surface area contributed by atoms with E-state index in [-0.39, 0.29) is 5.69 Å². The predicted octanol–water partition coefficient (Wildman–Crippen LogP) is 5.32.